The van der Waals surface area contributed by atoms with E-state index >= 15 is 0 Å². The highest BCUT2D eigenvalue weighted by Gasteiger charge is 2.17. The number of nitro benzene ring substituents is 1. The van der Waals surface area contributed by atoms with Crippen molar-refractivity contribution in [3.63, 3.8) is 0 Å². The van der Waals surface area contributed by atoms with Gasteiger partial charge in [-0.25, -0.2) is 0 Å². The van der Waals surface area contributed by atoms with Crippen molar-refractivity contribution in [1.82, 2.24) is 14.8 Å². The number of aryl methyl sites for hydroxylation is 1. The number of hydrogen-bond acceptors (Lipinski definition) is 6. The smallest absolute Gasteiger partial charge is 0.270 e. The van der Waals surface area contributed by atoms with E-state index in [-0.39, 0.29) is 17.3 Å². The quantitative estimate of drug-likeness (QED) is 0.212. The molecular formula is C19H18IN5O3S. The minimum Gasteiger partial charge on any atom is -0.325 e. The Morgan fingerprint density at radius 3 is 2.76 bits per heavy atom. The van der Waals surface area contributed by atoms with Gasteiger partial charge in [-0.3, -0.25) is 14.9 Å². The van der Waals surface area contributed by atoms with E-state index in [2.05, 4.69) is 38.1 Å². The molecule has 1 N–H and O–H groups in total. The highest BCUT2D eigenvalue weighted by atomic mass is 127. The van der Waals surface area contributed by atoms with Crippen LogP contribution in [-0.2, 0) is 11.3 Å². The first-order valence-corrected chi connectivity index (χ1v) is 10.8. The second kappa shape index (κ2) is 9.35. The van der Waals surface area contributed by atoms with E-state index in [1.807, 2.05) is 36.6 Å². The maximum atomic E-state index is 12.4. The van der Waals surface area contributed by atoms with Gasteiger partial charge in [0.25, 0.3) is 5.69 Å². The van der Waals surface area contributed by atoms with E-state index in [4.69, 9.17) is 0 Å². The normalized spacial score (nSPS) is 10.7. The van der Waals surface area contributed by atoms with Gasteiger partial charge < -0.3 is 9.88 Å². The molecule has 0 spiro atoms. The predicted molar refractivity (Wildman–Crippen MR) is 121 cm³/mol. The van der Waals surface area contributed by atoms with Crippen LogP contribution in [0, 0.1) is 20.6 Å². The Hall–Kier alpha value is -2.47. The zero-order chi connectivity index (χ0) is 21.0. The van der Waals surface area contributed by atoms with Crippen molar-refractivity contribution in [3.05, 3.63) is 61.7 Å². The molecule has 150 valence electrons. The number of nitrogens with one attached hydrogen (secondary N) is 1. The molecule has 1 amide bonds. The zero-order valence-electron chi connectivity index (χ0n) is 15.8. The largest absolute Gasteiger partial charge is 0.325 e. The van der Waals surface area contributed by atoms with E-state index in [9.17, 15) is 14.9 Å². The van der Waals surface area contributed by atoms with Crippen LogP contribution in [0.1, 0.15) is 12.5 Å². The molecule has 0 fully saturated rings. The van der Waals surface area contributed by atoms with Gasteiger partial charge in [-0.1, -0.05) is 23.9 Å². The van der Waals surface area contributed by atoms with Crippen LogP contribution < -0.4 is 5.32 Å². The number of thioether (sulfide) groups is 1. The number of carbonyl (C=O) groups excluding carboxylic acids is 1. The van der Waals surface area contributed by atoms with Crippen LogP contribution in [0.2, 0.25) is 0 Å². The Morgan fingerprint density at radius 2 is 2.07 bits per heavy atom. The zero-order valence-corrected chi connectivity index (χ0v) is 18.7. The summed E-state index contributed by atoms with van der Waals surface area (Å²) >= 11 is 3.50. The minimum atomic E-state index is -0.442. The van der Waals surface area contributed by atoms with Crippen molar-refractivity contribution < 1.29 is 9.72 Å². The minimum absolute atomic E-state index is 0.00498. The van der Waals surface area contributed by atoms with E-state index in [0.29, 0.717) is 23.1 Å². The molecule has 0 radical (unpaired) electrons. The van der Waals surface area contributed by atoms with Crippen LogP contribution in [0.15, 0.2) is 47.6 Å². The summed E-state index contributed by atoms with van der Waals surface area (Å²) in [5.41, 5.74) is 2.39. The van der Waals surface area contributed by atoms with Gasteiger partial charge in [0, 0.05) is 33.5 Å². The molecule has 2 aromatic carbocycles. The molecule has 0 aliphatic heterocycles. The number of nitrogens with zero attached hydrogens (tertiary/aromatic N) is 4. The fourth-order valence-corrected chi connectivity index (χ4v) is 4.19. The molecule has 0 aliphatic carbocycles. The Kier molecular flexibility index (Phi) is 6.85. The molecule has 10 heteroatoms. The van der Waals surface area contributed by atoms with Gasteiger partial charge in [0.15, 0.2) is 11.0 Å². The average molecular weight is 523 g/mol. The van der Waals surface area contributed by atoms with Crippen molar-refractivity contribution in [2.75, 3.05) is 11.1 Å². The summed E-state index contributed by atoms with van der Waals surface area (Å²) in [5, 5.41) is 22.9. The molecule has 0 unspecified atom stereocenters. The number of aromatic nitrogens is 3. The monoisotopic (exact) mass is 523 g/mol. The topological polar surface area (TPSA) is 103 Å². The number of hydrogen-bond donors (Lipinski definition) is 1. The van der Waals surface area contributed by atoms with Gasteiger partial charge in [0.2, 0.25) is 5.91 Å². The number of anilines is 1. The summed E-state index contributed by atoms with van der Waals surface area (Å²) in [6.07, 6.45) is 0. The lowest BCUT2D eigenvalue weighted by Crippen LogP contribution is -2.15. The Balaban J connectivity index is 1.73. The Bertz CT molecular complexity index is 1070. The molecule has 3 rings (SSSR count). The lowest BCUT2D eigenvalue weighted by Gasteiger charge is -2.09. The van der Waals surface area contributed by atoms with Crippen molar-refractivity contribution in [2.24, 2.45) is 0 Å². The van der Waals surface area contributed by atoms with Gasteiger partial charge in [0.1, 0.15) is 0 Å². The third-order valence-electron chi connectivity index (χ3n) is 4.14. The van der Waals surface area contributed by atoms with Gasteiger partial charge in [-0.2, -0.15) is 0 Å². The molecule has 3 aromatic rings. The maximum Gasteiger partial charge on any atom is 0.270 e. The number of carbonyl (C=O) groups is 1. The lowest BCUT2D eigenvalue weighted by molar-refractivity contribution is -0.384. The SMILES string of the molecule is CCn1c(SCC(=O)Nc2ccc(I)cc2C)nnc1-c1cccc([N+](=O)[O-])c1. The molecule has 0 saturated heterocycles. The summed E-state index contributed by atoms with van der Waals surface area (Å²) in [4.78, 5) is 22.9. The second-order valence-electron chi connectivity index (χ2n) is 6.15. The maximum absolute atomic E-state index is 12.4. The predicted octanol–water partition coefficient (Wildman–Crippen LogP) is 4.52. The fourth-order valence-electron chi connectivity index (χ4n) is 2.74. The van der Waals surface area contributed by atoms with Crippen molar-refractivity contribution in [1.29, 1.82) is 0 Å². The molecule has 0 aliphatic rings. The van der Waals surface area contributed by atoms with Crippen LogP contribution >= 0.6 is 34.4 Å². The van der Waals surface area contributed by atoms with E-state index in [0.717, 1.165) is 14.8 Å². The van der Waals surface area contributed by atoms with Crippen LogP contribution in [0.4, 0.5) is 11.4 Å². The Morgan fingerprint density at radius 1 is 1.28 bits per heavy atom. The standard InChI is InChI=1S/C19H18IN5O3S/c1-3-24-18(13-5-4-6-15(10-13)25(27)28)22-23-19(24)29-11-17(26)21-16-8-7-14(20)9-12(16)2/h4-10H,3,11H2,1-2H3,(H,21,26). The van der Waals surface area contributed by atoms with Crippen LogP contribution in [-0.4, -0.2) is 31.3 Å². The first kappa shape index (κ1) is 21.2. The van der Waals surface area contributed by atoms with E-state index in [1.165, 1.54) is 23.9 Å². The first-order valence-electron chi connectivity index (χ1n) is 8.76. The average Bonchev–Trinajstić information content (AvgIpc) is 3.11. The highest BCUT2D eigenvalue weighted by molar-refractivity contribution is 14.1. The van der Waals surface area contributed by atoms with Crippen LogP contribution in [0.5, 0.6) is 0 Å². The highest BCUT2D eigenvalue weighted by Crippen LogP contribution is 2.27. The summed E-state index contributed by atoms with van der Waals surface area (Å²) < 4.78 is 2.95. The van der Waals surface area contributed by atoms with Crippen molar-refractivity contribution in [3.8, 4) is 11.4 Å². The number of nitro groups is 1. The van der Waals surface area contributed by atoms with E-state index < -0.39 is 4.92 Å². The lowest BCUT2D eigenvalue weighted by atomic mass is 10.2. The Labute approximate surface area is 185 Å². The van der Waals surface area contributed by atoms with Crippen LogP contribution in [0.25, 0.3) is 11.4 Å². The number of halogens is 1. The molecule has 8 nitrogen and oxygen atoms in total. The molecular weight excluding hydrogens is 505 g/mol. The summed E-state index contributed by atoms with van der Waals surface area (Å²) in [5.74, 6) is 0.577. The van der Waals surface area contributed by atoms with Gasteiger partial charge in [-0.05, 0) is 60.2 Å². The third-order valence-corrected chi connectivity index (χ3v) is 5.78. The second-order valence-corrected chi connectivity index (χ2v) is 8.34. The van der Waals surface area contributed by atoms with Gasteiger partial charge in [0.05, 0.1) is 10.7 Å². The molecule has 0 atom stereocenters. The van der Waals surface area contributed by atoms with Gasteiger partial charge >= 0.3 is 0 Å². The summed E-state index contributed by atoms with van der Waals surface area (Å²) in [6.45, 7) is 4.46. The molecule has 29 heavy (non-hydrogen) atoms. The molecule has 1 aromatic heterocycles. The van der Waals surface area contributed by atoms with E-state index in [1.54, 1.807) is 12.1 Å². The fraction of sp³-hybridized carbons (Fsp3) is 0.211. The van der Waals surface area contributed by atoms with Crippen molar-refractivity contribution >= 4 is 51.6 Å². The van der Waals surface area contributed by atoms with Crippen molar-refractivity contribution in [2.45, 2.75) is 25.5 Å². The number of rotatable bonds is 7. The number of benzene rings is 2. The van der Waals surface area contributed by atoms with Crippen LogP contribution in [0.3, 0.4) is 0 Å². The van der Waals surface area contributed by atoms with Gasteiger partial charge in [-0.15, -0.1) is 10.2 Å². The number of non-ortho nitro benzene ring substituents is 1. The molecule has 1 heterocycles. The first-order chi connectivity index (χ1) is 13.9. The summed E-state index contributed by atoms with van der Waals surface area (Å²) in [6, 6.07) is 12.1. The molecule has 0 bridgehead atoms. The number of amides is 1. The summed E-state index contributed by atoms with van der Waals surface area (Å²) in [7, 11) is 0. The third kappa shape index (κ3) is 5.12. The molecule has 0 saturated carbocycles.